The van der Waals surface area contributed by atoms with E-state index in [0.717, 1.165) is 6.54 Å². The minimum atomic E-state index is -1.26. The number of hydrogen-bond acceptors (Lipinski definition) is 4. The summed E-state index contributed by atoms with van der Waals surface area (Å²) in [6, 6.07) is 9.81. The molecule has 1 aromatic rings. The van der Waals surface area contributed by atoms with Gasteiger partial charge >= 0.3 is 0 Å². The van der Waals surface area contributed by atoms with Crippen LogP contribution in [0.4, 0.5) is 0 Å². The molecule has 1 N–H and O–H groups in total. The molecule has 2 rings (SSSR count). The van der Waals surface area contributed by atoms with Gasteiger partial charge in [0.15, 0.2) is 0 Å². The average molecular weight is 320 g/mol. The zero-order valence-corrected chi connectivity index (χ0v) is 14.5. The van der Waals surface area contributed by atoms with Gasteiger partial charge in [-0.2, -0.15) is 0 Å². The standard InChI is InChI=1S/C18H28N2O3/c1-18(2,22)16(23-15-8-6-5-7-9-15)17(21)20(4)13-12-19(3)14-10-11-14/h5-9,14,16,22H,10-13H2,1-4H3. The molecule has 23 heavy (non-hydrogen) atoms. The first-order valence-corrected chi connectivity index (χ1v) is 8.18. The highest BCUT2D eigenvalue weighted by molar-refractivity contribution is 5.82. The lowest BCUT2D eigenvalue weighted by Gasteiger charge is -2.32. The number of para-hydroxylation sites is 1. The summed E-state index contributed by atoms with van der Waals surface area (Å²) in [4.78, 5) is 16.6. The molecule has 5 heteroatoms. The van der Waals surface area contributed by atoms with Gasteiger partial charge in [0.1, 0.15) is 11.4 Å². The van der Waals surface area contributed by atoms with Crippen LogP contribution in [-0.4, -0.2) is 65.7 Å². The van der Waals surface area contributed by atoms with Crippen LogP contribution in [0.3, 0.4) is 0 Å². The lowest BCUT2D eigenvalue weighted by atomic mass is 10.0. The van der Waals surface area contributed by atoms with E-state index in [1.165, 1.54) is 12.8 Å². The monoisotopic (exact) mass is 320 g/mol. The van der Waals surface area contributed by atoms with Gasteiger partial charge in [-0.05, 0) is 45.9 Å². The van der Waals surface area contributed by atoms with Crippen LogP contribution < -0.4 is 4.74 Å². The third-order valence-corrected chi connectivity index (χ3v) is 4.20. The number of carbonyl (C=O) groups is 1. The molecule has 0 bridgehead atoms. The molecule has 5 nitrogen and oxygen atoms in total. The summed E-state index contributed by atoms with van der Waals surface area (Å²) in [7, 11) is 3.85. The summed E-state index contributed by atoms with van der Waals surface area (Å²) in [5.41, 5.74) is -1.26. The van der Waals surface area contributed by atoms with E-state index in [1.54, 1.807) is 37.9 Å². The zero-order valence-electron chi connectivity index (χ0n) is 14.5. The Balaban J connectivity index is 1.97. The largest absolute Gasteiger partial charge is 0.478 e. The topological polar surface area (TPSA) is 53.0 Å². The van der Waals surface area contributed by atoms with Crippen molar-refractivity contribution in [3.63, 3.8) is 0 Å². The molecule has 1 saturated carbocycles. The third-order valence-electron chi connectivity index (χ3n) is 4.20. The summed E-state index contributed by atoms with van der Waals surface area (Å²) in [5, 5.41) is 10.4. The normalized spacial score (nSPS) is 16.3. The van der Waals surface area contributed by atoms with Crippen molar-refractivity contribution in [2.24, 2.45) is 0 Å². The maximum atomic E-state index is 12.7. The number of aliphatic hydroxyl groups is 1. The highest BCUT2D eigenvalue weighted by atomic mass is 16.5. The van der Waals surface area contributed by atoms with Gasteiger partial charge in [-0.3, -0.25) is 4.79 Å². The zero-order chi connectivity index (χ0) is 17.0. The molecule has 1 fully saturated rings. The van der Waals surface area contributed by atoms with E-state index in [4.69, 9.17) is 4.74 Å². The van der Waals surface area contributed by atoms with Crippen LogP contribution in [0.2, 0.25) is 0 Å². The molecule has 0 spiro atoms. The van der Waals surface area contributed by atoms with E-state index in [0.29, 0.717) is 18.3 Å². The van der Waals surface area contributed by atoms with E-state index in [-0.39, 0.29) is 5.91 Å². The predicted octanol–water partition coefficient (Wildman–Crippen LogP) is 1.76. The van der Waals surface area contributed by atoms with Crippen LogP contribution in [0.1, 0.15) is 26.7 Å². The van der Waals surface area contributed by atoms with Crippen molar-refractivity contribution in [3.8, 4) is 5.75 Å². The third kappa shape index (κ3) is 5.22. The van der Waals surface area contributed by atoms with Gasteiger partial charge < -0.3 is 19.6 Å². The van der Waals surface area contributed by atoms with Crippen molar-refractivity contribution in [1.29, 1.82) is 0 Å². The second-order valence-corrected chi connectivity index (χ2v) is 6.94. The van der Waals surface area contributed by atoms with E-state index in [1.807, 2.05) is 18.2 Å². The molecule has 1 atom stereocenters. The van der Waals surface area contributed by atoms with E-state index in [9.17, 15) is 9.90 Å². The van der Waals surface area contributed by atoms with Gasteiger partial charge in [0.2, 0.25) is 6.10 Å². The lowest BCUT2D eigenvalue weighted by molar-refractivity contribution is -0.148. The Morgan fingerprint density at radius 2 is 1.87 bits per heavy atom. The highest BCUT2D eigenvalue weighted by Crippen LogP contribution is 2.25. The van der Waals surface area contributed by atoms with Crippen LogP contribution >= 0.6 is 0 Å². The Kier molecular flexibility index (Phi) is 5.65. The van der Waals surface area contributed by atoms with Gasteiger partial charge in [-0.1, -0.05) is 18.2 Å². The molecular formula is C18H28N2O3. The van der Waals surface area contributed by atoms with Crippen LogP contribution in [-0.2, 0) is 4.79 Å². The van der Waals surface area contributed by atoms with Crippen LogP contribution in [0.5, 0.6) is 5.75 Å². The Bertz CT molecular complexity index is 509. The molecule has 0 saturated heterocycles. The van der Waals surface area contributed by atoms with Gasteiger partial charge in [-0.25, -0.2) is 0 Å². The Morgan fingerprint density at radius 3 is 2.39 bits per heavy atom. The fourth-order valence-electron chi connectivity index (χ4n) is 2.45. The fourth-order valence-corrected chi connectivity index (χ4v) is 2.45. The number of benzene rings is 1. The highest BCUT2D eigenvalue weighted by Gasteiger charge is 2.37. The van der Waals surface area contributed by atoms with Crippen LogP contribution in [0.25, 0.3) is 0 Å². The summed E-state index contributed by atoms with van der Waals surface area (Å²) in [6.07, 6.45) is 1.57. The van der Waals surface area contributed by atoms with Gasteiger partial charge in [0.25, 0.3) is 5.91 Å². The van der Waals surface area contributed by atoms with Crippen molar-refractivity contribution >= 4 is 5.91 Å². The van der Waals surface area contributed by atoms with Crippen molar-refractivity contribution in [2.75, 3.05) is 27.2 Å². The van der Waals surface area contributed by atoms with Crippen LogP contribution in [0.15, 0.2) is 30.3 Å². The number of hydrogen-bond donors (Lipinski definition) is 1. The van der Waals surface area contributed by atoms with E-state index >= 15 is 0 Å². The first-order valence-electron chi connectivity index (χ1n) is 8.18. The number of ether oxygens (including phenoxy) is 1. The van der Waals surface area contributed by atoms with Gasteiger partial charge in [0, 0.05) is 26.2 Å². The van der Waals surface area contributed by atoms with Crippen molar-refractivity contribution in [3.05, 3.63) is 30.3 Å². The van der Waals surface area contributed by atoms with Gasteiger partial charge in [-0.15, -0.1) is 0 Å². The van der Waals surface area contributed by atoms with Gasteiger partial charge in [0.05, 0.1) is 0 Å². The number of likely N-dealkylation sites (N-methyl/N-ethyl adjacent to an activating group) is 2. The van der Waals surface area contributed by atoms with Crippen molar-refractivity contribution in [1.82, 2.24) is 9.80 Å². The Hall–Kier alpha value is -1.59. The maximum absolute atomic E-state index is 12.7. The number of amides is 1. The molecule has 1 aliphatic rings. The Morgan fingerprint density at radius 1 is 1.26 bits per heavy atom. The second kappa shape index (κ2) is 7.32. The summed E-state index contributed by atoms with van der Waals surface area (Å²) in [5.74, 6) is 0.377. The summed E-state index contributed by atoms with van der Waals surface area (Å²) in [6.45, 7) is 4.65. The minimum absolute atomic E-state index is 0.203. The SMILES string of the molecule is CN(CCN(C)C1CC1)C(=O)C(Oc1ccccc1)C(C)(C)O. The first kappa shape index (κ1) is 17.8. The van der Waals surface area contributed by atoms with Crippen molar-refractivity contribution in [2.45, 2.75) is 44.4 Å². The molecule has 1 unspecified atom stereocenters. The lowest BCUT2D eigenvalue weighted by Crippen LogP contribution is -2.52. The number of rotatable bonds is 8. The van der Waals surface area contributed by atoms with Crippen molar-refractivity contribution < 1.29 is 14.6 Å². The molecular weight excluding hydrogens is 292 g/mol. The summed E-state index contributed by atoms with van der Waals surface area (Å²) >= 11 is 0. The summed E-state index contributed by atoms with van der Waals surface area (Å²) < 4.78 is 5.77. The number of carbonyl (C=O) groups excluding carboxylic acids is 1. The predicted molar refractivity (Wildman–Crippen MR) is 90.4 cm³/mol. The molecule has 0 aliphatic heterocycles. The fraction of sp³-hybridized carbons (Fsp3) is 0.611. The molecule has 1 aromatic carbocycles. The average Bonchev–Trinajstić information content (AvgIpc) is 3.34. The molecule has 128 valence electrons. The second-order valence-electron chi connectivity index (χ2n) is 6.94. The molecule has 1 amide bonds. The smallest absolute Gasteiger partial charge is 0.266 e. The van der Waals surface area contributed by atoms with E-state index < -0.39 is 11.7 Å². The first-order chi connectivity index (χ1) is 10.8. The molecule has 0 heterocycles. The Labute approximate surface area is 138 Å². The quantitative estimate of drug-likeness (QED) is 0.793. The number of nitrogens with zero attached hydrogens (tertiary/aromatic N) is 2. The minimum Gasteiger partial charge on any atom is -0.478 e. The van der Waals surface area contributed by atoms with E-state index in [2.05, 4.69) is 11.9 Å². The molecule has 1 aliphatic carbocycles. The molecule has 0 radical (unpaired) electrons. The molecule has 0 aromatic heterocycles. The maximum Gasteiger partial charge on any atom is 0.266 e. The van der Waals surface area contributed by atoms with Crippen LogP contribution in [0, 0.1) is 0 Å².